The van der Waals surface area contributed by atoms with E-state index in [1.165, 1.54) is 0 Å². The van der Waals surface area contributed by atoms with Crippen molar-refractivity contribution in [3.05, 3.63) is 0 Å². The molecule has 0 rings (SSSR count). The maximum atomic E-state index is 11.4. The first-order chi connectivity index (χ1) is 8.47. The molecular formula is C13H23N3O2. The van der Waals surface area contributed by atoms with E-state index in [1.54, 1.807) is 6.92 Å². The minimum atomic E-state index is -0.351. The molecule has 0 aliphatic rings. The zero-order valence-corrected chi connectivity index (χ0v) is 11.4. The molecule has 0 radical (unpaired) electrons. The monoisotopic (exact) mass is 253 g/mol. The number of amides is 2. The topological polar surface area (TPSA) is 70.2 Å². The van der Waals surface area contributed by atoms with Gasteiger partial charge in [-0.2, -0.15) is 0 Å². The van der Waals surface area contributed by atoms with Gasteiger partial charge in [-0.1, -0.05) is 19.8 Å². The molecule has 2 amide bonds. The molecule has 0 heterocycles. The lowest BCUT2D eigenvalue weighted by atomic mass is 10.2. The van der Waals surface area contributed by atoms with E-state index in [0.717, 1.165) is 0 Å². The molecule has 0 bridgehead atoms. The fourth-order valence-corrected chi connectivity index (χ4v) is 1.19. The van der Waals surface area contributed by atoms with Gasteiger partial charge in [0.2, 0.25) is 11.8 Å². The summed E-state index contributed by atoms with van der Waals surface area (Å²) in [5.74, 6) is 2.61. The third-order valence-electron chi connectivity index (χ3n) is 2.27. The standard InChI is InChI=1S/C13H23N3O2/c1-5-7-15-13(18)11(4)14-8-6-12(17)16-9-10(2)3/h1,10-11,14H,6-9H2,2-4H3,(H,15,18)(H,16,17). The second-order valence-corrected chi connectivity index (χ2v) is 4.55. The summed E-state index contributed by atoms with van der Waals surface area (Å²) in [7, 11) is 0. The van der Waals surface area contributed by atoms with Crippen molar-refractivity contribution in [3.63, 3.8) is 0 Å². The van der Waals surface area contributed by atoms with E-state index in [2.05, 4.69) is 21.9 Å². The van der Waals surface area contributed by atoms with Gasteiger partial charge in [-0.3, -0.25) is 9.59 Å². The Morgan fingerprint density at radius 3 is 2.44 bits per heavy atom. The van der Waals surface area contributed by atoms with Crippen LogP contribution in [0.4, 0.5) is 0 Å². The Morgan fingerprint density at radius 1 is 1.22 bits per heavy atom. The molecule has 18 heavy (non-hydrogen) atoms. The summed E-state index contributed by atoms with van der Waals surface area (Å²) in [6.45, 7) is 7.18. The minimum absolute atomic E-state index is 0.00701. The average molecular weight is 253 g/mol. The number of nitrogens with one attached hydrogen (secondary N) is 3. The summed E-state index contributed by atoms with van der Waals surface area (Å²) in [6.07, 6.45) is 5.40. The Labute approximate surface area is 109 Å². The molecule has 0 fully saturated rings. The van der Waals surface area contributed by atoms with Gasteiger partial charge in [0, 0.05) is 19.5 Å². The molecule has 102 valence electrons. The molecule has 0 aromatic carbocycles. The van der Waals surface area contributed by atoms with Crippen molar-refractivity contribution in [3.8, 4) is 12.3 Å². The number of carbonyl (C=O) groups excluding carboxylic acids is 2. The van der Waals surface area contributed by atoms with Crippen LogP contribution in [0.15, 0.2) is 0 Å². The number of hydrogen-bond donors (Lipinski definition) is 3. The number of carbonyl (C=O) groups is 2. The molecule has 0 saturated heterocycles. The van der Waals surface area contributed by atoms with E-state index < -0.39 is 0 Å². The van der Waals surface area contributed by atoms with E-state index in [-0.39, 0.29) is 24.4 Å². The van der Waals surface area contributed by atoms with Gasteiger partial charge in [-0.15, -0.1) is 6.42 Å². The van der Waals surface area contributed by atoms with Crippen molar-refractivity contribution >= 4 is 11.8 Å². The predicted octanol–water partition coefficient (Wildman–Crippen LogP) is -0.124. The summed E-state index contributed by atoms with van der Waals surface area (Å²) < 4.78 is 0. The molecule has 1 unspecified atom stereocenters. The fraction of sp³-hybridized carbons (Fsp3) is 0.692. The van der Waals surface area contributed by atoms with Gasteiger partial charge >= 0.3 is 0 Å². The van der Waals surface area contributed by atoms with Crippen LogP contribution in [0.5, 0.6) is 0 Å². The van der Waals surface area contributed by atoms with Crippen LogP contribution in [0.2, 0.25) is 0 Å². The van der Waals surface area contributed by atoms with Gasteiger partial charge in [-0.25, -0.2) is 0 Å². The van der Waals surface area contributed by atoms with Crippen LogP contribution in [-0.2, 0) is 9.59 Å². The van der Waals surface area contributed by atoms with Crippen LogP contribution in [-0.4, -0.2) is 37.5 Å². The SMILES string of the molecule is C#CCNC(=O)C(C)NCCC(=O)NCC(C)C. The third kappa shape index (κ3) is 8.59. The number of rotatable bonds is 8. The second-order valence-electron chi connectivity index (χ2n) is 4.55. The number of terminal acetylenes is 1. The minimum Gasteiger partial charge on any atom is -0.356 e. The molecule has 0 aliphatic carbocycles. The van der Waals surface area contributed by atoms with Crippen molar-refractivity contribution in [1.29, 1.82) is 0 Å². The lowest BCUT2D eigenvalue weighted by Crippen LogP contribution is -2.43. The second kappa shape index (κ2) is 9.49. The van der Waals surface area contributed by atoms with Crippen LogP contribution in [0, 0.1) is 18.3 Å². The Morgan fingerprint density at radius 2 is 1.89 bits per heavy atom. The maximum absolute atomic E-state index is 11.4. The molecule has 5 nitrogen and oxygen atoms in total. The van der Waals surface area contributed by atoms with E-state index in [9.17, 15) is 9.59 Å². The summed E-state index contributed by atoms with van der Waals surface area (Å²) in [4.78, 5) is 22.8. The van der Waals surface area contributed by atoms with Crippen LogP contribution in [0.1, 0.15) is 27.2 Å². The van der Waals surface area contributed by atoms with Gasteiger partial charge in [0.15, 0.2) is 0 Å². The summed E-state index contributed by atoms with van der Waals surface area (Å²) in [5, 5.41) is 8.35. The van der Waals surface area contributed by atoms with E-state index in [4.69, 9.17) is 6.42 Å². The molecule has 0 aliphatic heterocycles. The molecule has 0 saturated carbocycles. The van der Waals surface area contributed by atoms with E-state index >= 15 is 0 Å². The van der Waals surface area contributed by atoms with Crippen molar-refractivity contribution in [2.24, 2.45) is 5.92 Å². The average Bonchev–Trinajstić information content (AvgIpc) is 2.33. The molecule has 5 heteroatoms. The Bertz CT molecular complexity index is 308. The summed E-state index contributed by atoms with van der Waals surface area (Å²) in [5.41, 5.74) is 0. The fourth-order valence-electron chi connectivity index (χ4n) is 1.19. The van der Waals surface area contributed by atoms with Gasteiger partial charge in [-0.05, 0) is 12.8 Å². The van der Waals surface area contributed by atoms with E-state index in [1.807, 2.05) is 13.8 Å². The van der Waals surface area contributed by atoms with Crippen LogP contribution in [0.25, 0.3) is 0 Å². The normalized spacial score (nSPS) is 11.7. The Kier molecular flexibility index (Phi) is 8.67. The maximum Gasteiger partial charge on any atom is 0.237 e. The van der Waals surface area contributed by atoms with Crippen molar-refractivity contribution < 1.29 is 9.59 Å². The first-order valence-electron chi connectivity index (χ1n) is 6.18. The molecule has 0 spiro atoms. The molecular weight excluding hydrogens is 230 g/mol. The molecule has 1 atom stereocenters. The Hall–Kier alpha value is -1.54. The van der Waals surface area contributed by atoms with Crippen molar-refractivity contribution in [1.82, 2.24) is 16.0 Å². The zero-order valence-electron chi connectivity index (χ0n) is 11.4. The summed E-state index contributed by atoms with van der Waals surface area (Å²) >= 11 is 0. The van der Waals surface area contributed by atoms with Crippen molar-refractivity contribution in [2.45, 2.75) is 33.2 Å². The molecule has 3 N–H and O–H groups in total. The molecule has 0 aromatic heterocycles. The first-order valence-corrected chi connectivity index (χ1v) is 6.18. The highest BCUT2D eigenvalue weighted by atomic mass is 16.2. The van der Waals surface area contributed by atoms with Gasteiger partial charge in [0.05, 0.1) is 12.6 Å². The highest BCUT2D eigenvalue weighted by molar-refractivity contribution is 5.81. The number of hydrogen-bond acceptors (Lipinski definition) is 3. The largest absolute Gasteiger partial charge is 0.356 e. The summed E-state index contributed by atoms with van der Waals surface area (Å²) in [6, 6.07) is -0.351. The highest BCUT2D eigenvalue weighted by Crippen LogP contribution is 1.89. The van der Waals surface area contributed by atoms with Crippen molar-refractivity contribution in [2.75, 3.05) is 19.6 Å². The third-order valence-corrected chi connectivity index (χ3v) is 2.27. The predicted molar refractivity (Wildman–Crippen MR) is 71.8 cm³/mol. The van der Waals surface area contributed by atoms with Gasteiger partial charge in [0.1, 0.15) is 0 Å². The van der Waals surface area contributed by atoms with Crippen LogP contribution in [0.3, 0.4) is 0 Å². The van der Waals surface area contributed by atoms with Gasteiger partial charge in [0.25, 0.3) is 0 Å². The van der Waals surface area contributed by atoms with E-state index in [0.29, 0.717) is 25.4 Å². The smallest absolute Gasteiger partial charge is 0.237 e. The zero-order chi connectivity index (χ0) is 14.0. The quantitative estimate of drug-likeness (QED) is 0.528. The highest BCUT2D eigenvalue weighted by Gasteiger charge is 2.11. The first kappa shape index (κ1) is 16.5. The lowest BCUT2D eigenvalue weighted by molar-refractivity contribution is -0.123. The lowest BCUT2D eigenvalue weighted by Gasteiger charge is -2.13. The van der Waals surface area contributed by atoms with Crippen LogP contribution >= 0.6 is 0 Å². The van der Waals surface area contributed by atoms with Crippen LogP contribution < -0.4 is 16.0 Å². The van der Waals surface area contributed by atoms with Gasteiger partial charge < -0.3 is 16.0 Å². The Balaban J connectivity index is 3.67. The molecule has 0 aromatic rings.